The smallest absolute Gasteiger partial charge is 0.487 e. The number of oxazole rings is 1. The molecule has 0 fully saturated rings. The summed E-state index contributed by atoms with van der Waals surface area (Å²) in [5.41, 5.74) is -4.67. The van der Waals surface area contributed by atoms with Crippen molar-refractivity contribution < 1.29 is 35.5 Å². The number of methoxy groups -OCH3 is 1. The van der Waals surface area contributed by atoms with Crippen molar-refractivity contribution >= 4 is 15.7 Å². The average molecular weight is 428 g/mol. The van der Waals surface area contributed by atoms with E-state index in [4.69, 9.17) is 13.9 Å². The van der Waals surface area contributed by atoms with Crippen LogP contribution in [0.1, 0.15) is 5.69 Å². The first-order valence-electron chi connectivity index (χ1n) is 8.10. The van der Waals surface area contributed by atoms with Gasteiger partial charge in [0.2, 0.25) is 5.89 Å². The number of ether oxygens (including phenoxy) is 2. The minimum atomic E-state index is -5.53. The summed E-state index contributed by atoms with van der Waals surface area (Å²) < 4.78 is 77.6. The Morgan fingerprint density at radius 3 is 2.48 bits per heavy atom. The van der Waals surface area contributed by atoms with E-state index in [1.165, 1.54) is 30.0 Å². The van der Waals surface area contributed by atoms with Crippen LogP contribution in [0.3, 0.4) is 0 Å². The molecule has 1 N–H and O–H groups in total. The molecule has 29 heavy (non-hydrogen) atoms. The fourth-order valence-electron chi connectivity index (χ4n) is 2.31. The van der Waals surface area contributed by atoms with Crippen molar-refractivity contribution in [2.24, 2.45) is 0 Å². The lowest BCUT2D eigenvalue weighted by Crippen LogP contribution is -2.29. The summed E-state index contributed by atoms with van der Waals surface area (Å²) in [7, 11) is -4.13. The van der Waals surface area contributed by atoms with Gasteiger partial charge in [-0.25, -0.2) is 4.98 Å². The third-order valence-corrected chi connectivity index (χ3v) is 4.75. The van der Waals surface area contributed by atoms with Gasteiger partial charge in [0.05, 0.1) is 12.8 Å². The molecule has 0 saturated carbocycles. The topological polar surface area (TPSA) is 90.7 Å². The van der Waals surface area contributed by atoms with E-state index in [0.29, 0.717) is 11.6 Å². The maximum atomic E-state index is 12.5. The van der Waals surface area contributed by atoms with Crippen LogP contribution in [0.15, 0.2) is 59.0 Å². The van der Waals surface area contributed by atoms with Crippen molar-refractivity contribution in [3.05, 3.63) is 60.3 Å². The molecule has 0 aliphatic carbocycles. The van der Waals surface area contributed by atoms with Crippen molar-refractivity contribution in [3.8, 4) is 23.1 Å². The van der Waals surface area contributed by atoms with Gasteiger partial charge in [-0.05, 0) is 24.3 Å². The van der Waals surface area contributed by atoms with Crippen LogP contribution < -0.4 is 14.2 Å². The van der Waals surface area contributed by atoms with E-state index in [9.17, 15) is 21.6 Å². The first-order valence-corrected chi connectivity index (χ1v) is 9.59. The van der Waals surface area contributed by atoms with E-state index in [-0.39, 0.29) is 24.0 Å². The summed E-state index contributed by atoms with van der Waals surface area (Å²) in [6, 6.07) is 14.2. The molecule has 0 spiro atoms. The van der Waals surface area contributed by atoms with Gasteiger partial charge in [0.1, 0.15) is 12.4 Å². The van der Waals surface area contributed by atoms with Gasteiger partial charge < -0.3 is 13.9 Å². The molecule has 1 aromatic heterocycles. The van der Waals surface area contributed by atoms with E-state index in [1.807, 2.05) is 18.2 Å². The summed E-state index contributed by atoms with van der Waals surface area (Å²) in [6.07, 6.45) is 0. The molecule has 1 heterocycles. The van der Waals surface area contributed by atoms with E-state index in [2.05, 4.69) is 4.98 Å². The number of aromatic nitrogens is 1. The van der Waals surface area contributed by atoms with Gasteiger partial charge in [0.15, 0.2) is 5.69 Å². The van der Waals surface area contributed by atoms with Gasteiger partial charge in [-0.3, -0.25) is 4.72 Å². The molecule has 3 aromatic rings. The highest BCUT2D eigenvalue weighted by Crippen LogP contribution is 2.29. The number of sulfonamides is 1. The highest BCUT2D eigenvalue weighted by Gasteiger charge is 2.46. The molecule has 0 aliphatic heterocycles. The van der Waals surface area contributed by atoms with Crippen molar-refractivity contribution in [3.63, 3.8) is 0 Å². The van der Waals surface area contributed by atoms with Gasteiger partial charge in [-0.1, -0.05) is 24.3 Å². The maximum Gasteiger partial charge on any atom is 0.516 e. The molecule has 154 valence electrons. The minimum absolute atomic E-state index is 0.116. The lowest BCUT2D eigenvalue weighted by Gasteiger charge is -2.11. The Labute approximate surface area is 164 Å². The van der Waals surface area contributed by atoms with Crippen LogP contribution in [-0.4, -0.2) is 26.0 Å². The number of rotatable bonds is 7. The standard InChI is InChI=1S/C18H15F3N2O5S/c1-26-17-15(22-16(28-17)12-6-3-2-4-7-12)11-27-14-9-5-8-13(10-14)23-29(24,25)18(19,20)21/h2-10,23H,11H2,1H3. The zero-order valence-corrected chi connectivity index (χ0v) is 15.8. The van der Waals surface area contributed by atoms with Crippen LogP contribution in [0.4, 0.5) is 18.9 Å². The molecular formula is C18H15F3N2O5S. The Hall–Kier alpha value is -3.21. The summed E-state index contributed by atoms with van der Waals surface area (Å²) >= 11 is 0. The highest BCUT2D eigenvalue weighted by atomic mass is 32.2. The third-order valence-electron chi connectivity index (χ3n) is 3.63. The molecule has 0 bridgehead atoms. The molecule has 11 heteroatoms. The van der Waals surface area contributed by atoms with E-state index in [0.717, 1.165) is 11.6 Å². The van der Waals surface area contributed by atoms with E-state index < -0.39 is 15.5 Å². The molecule has 0 aliphatic rings. The lowest BCUT2D eigenvalue weighted by molar-refractivity contribution is -0.0429. The predicted octanol–water partition coefficient (Wildman–Crippen LogP) is 4.19. The second-order valence-corrected chi connectivity index (χ2v) is 7.36. The molecule has 2 aromatic carbocycles. The Balaban J connectivity index is 1.75. The number of anilines is 1. The molecule has 0 atom stereocenters. The molecule has 0 amide bonds. The van der Waals surface area contributed by atoms with E-state index in [1.54, 1.807) is 12.1 Å². The van der Waals surface area contributed by atoms with Crippen LogP contribution >= 0.6 is 0 Å². The summed E-state index contributed by atoms with van der Waals surface area (Å²) in [4.78, 5) is 4.30. The second kappa shape index (κ2) is 8.03. The second-order valence-electron chi connectivity index (χ2n) is 5.69. The highest BCUT2D eigenvalue weighted by molar-refractivity contribution is 7.93. The third kappa shape index (κ3) is 4.80. The largest absolute Gasteiger partial charge is 0.516 e. The number of hydrogen-bond donors (Lipinski definition) is 1. The van der Waals surface area contributed by atoms with Crippen LogP contribution in [-0.2, 0) is 16.6 Å². The van der Waals surface area contributed by atoms with Gasteiger partial charge in [0.25, 0.3) is 0 Å². The van der Waals surface area contributed by atoms with Gasteiger partial charge >= 0.3 is 21.5 Å². The maximum absolute atomic E-state index is 12.5. The summed E-state index contributed by atoms with van der Waals surface area (Å²) in [5.74, 6) is 0.559. The van der Waals surface area contributed by atoms with Crippen LogP contribution in [0.2, 0.25) is 0 Å². The quantitative estimate of drug-likeness (QED) is 0.607. The number of alkyl halides is 3. The fourth-order valence-corrected chi connectivity index (χ4v) is 2.86. The molecule has 0 radical (unpaired) electrons. The van der Waals surface area contributed by atoms with Crippen molar-refractivity contribution in [1.29, 1.82) is 0 Å². The fraction of sp³-hybridized carbons (Fsp3) is 0.167. The molecule has 0 unspecified atom stereocenters. The lowest BCUT2D eigenvalue weighted by atomic mass is 10.2. The van der Waals surface area contributed by atoms with Gasteiger partial charge in [-0.15, -0.1) is 0 Å². The SMILES string of the molecule is COc1oc(-c2ccccc2)nc1COc1cccc(NS(=O)(=O)C(F)(F)F)c1. The van der Waals surface area contributed by atoms with Crippen molar-refractivity contribution in [1.82, 2.24) is 4.98 Å². The Kier molecular flexibility index (Phi) is 5.69. The van der Waals surface area contributed by atoms with E-state index >= 15 is 0 Å². The van der Waals surface area contributed by atoms with Crippen LogP contribution in [0.5, 0.6) is 11.7 Å². The van der Waals surface area contributed by atoms with Crippen molar-refractivity contribution in [2.75, 3.05) is 11.8 Å². The van der Waals surface area contributed by atoms with Gasteiger partial charge in [-0.2, -0.15) is 21.6 Å². The minimum Gasteiger partial charge on any atom is -0.487 e. The molecular weight excluding hydrogens is 413 g/mol. The summed E-state index contributed by atoms with van der Waals surface area (Å²) in [6.45, 7) is -0.116. The number of hydrogen-bond acceptors (Lipinski definition) is 6. The summed E-state index contributed by atoms with van der Waals surface area (Å²) in [5, 5.41) is 0. The molecule has 3 rings (SSSR count). The first kappa shape index (κ1) is 20.5. The molecule has 0 saturated heterocycles. The monoisotopic (exact) mass is 428 g/mol. The van der Waals surface area contributed by atoms with Crippen LogP contribution in [0.25, 0.3) is 11.5 Å². The average Bonchev–Trinajstić information content (AvgIpc) is 3.09. The number of nitrogens with zero attached hydrogens (tertiary/aromatic N) is 1. The Morgan fingerprint density at radius 1 is 1.10 bits per heavy atom. The van der Waals surface area contributed by atoms with Crippen molar-refractivity contribution in [2.45, 2.75) is 12.1 Å². The van der Waals surface area contributed by atoms with Crippen LogP contribution in [0, 0.1) is 0 Å². The number of nitrogens with one attached hydrogen (secondary N) is 1. The number of benzene rings is 2. The molecule has 7 nitrogen and oxygen atoms in total. The first-order chi connectivity index (χ1) is 13.7. The zero-order valence-electron chi connectivity index (χ0n) is 14.9. The zero-order chi connectivity index (χ0) is 21.1. The predicted molar refractivity (Wildman–Crippen MR) is 97.9 cm³/mol. The Morgan fingerprint density at radius 2 is 1.83 bits per heavy atom. The number of halogens is 3. The Bertz CT molecular complexity index is 1080. The normalized spacial score (nSPS) is 11.9. The van der Waals surface area contributed by atoms with Gasteiger partial charge in [0, 0.05) is 11.6 Å².